The van der Waals surface area contributed by atoms with Gasteiger partial charge in [-0.1, -0.05) is 18.9 Å². The molecule has 116 valence electrons. The molecule has 1 saturated carbocycles. The molecule has 6 heteroatoms. The molecule has 0 radical (unpaired) electrons. The van der Waals surface area contributed by atoms with Gasteiger partial charge in [0.1, 0.15) is 0 Å². The lowest BCUT2D eigenvalue weighted by Crippen LogP contribution is -2.44. The van der Waals surface area contributed by atoms with E-state index in [1.54, 1.807) is 16.2 Å². The van der Waals surface area contributed by atoms with Gasteiger partial charge in [-0.15, -0.1) is 11.3 Å². The molecular formula is C15H22N2O3S. The number of aliphatic carboxylic acids is 1. The van der Waals surface area contributed by atoms with E-state index in [-0.39, 0.29) is 25.0 Å². The molecule has 0 unspecified atom stereocenters. The van der Waals surface area contributed by atoms with Crippen molar-refractivity contribution in [1.82, 2.24) is 10.2 Å². The second-order valence-corrected chi connectivity index (χ2v) is 6.45. The lowest BCUT2D eigenvalue weighted by molar-refractivity contribution is -0.139. The van der Waals surface area contributed by atoms with Crippen molar-refractivity contribution >= 4 is 23.2 Å². The highest BCUT2D eigenvalue weighted by atomic mass is 32.1. The van der Waals surface area contributed by atoms with E-state index in [0.29, 0.717) is 6.54 Å². The van der Waals surface area contributed by atoms with Crippen molar-refractivity contribution < 1.29 is 14.7 Å². The smallest absolute Gasteiger partial charge is 0.317 e. The first-order valence-corrected chi connectivity index (χ1v) is 8.28. The van der Waals surface area contributed by atoms with E-state index in [0.717, 1.165) is 32.1 Å². The Morgan fingerprint density at radius 3 is 2.71 bits per heavy atom. The number of hydrogen-bond donors (Lipinski definition) is 2. The Balaban J connectivity index is 1.75. The maximum absolute atomic E-state index is 12.0. The minimum atomic E-state index is -0.867. The zero-order chi connectivity index (χ0) is 15.1. The molecule has 1 heterocycles. The third kappa shape index (κ3) is 5.47. The molecule has 1 aromatic heterocycles. The molecule has 21 heavy (non-hydrogen) atoms. The van der Waals surface area contributed by atoms with Crippen LogP contribution < -0.4 is 5.32 Å². The topological polar surface area (TPSA) is 69.6 Å². The fourth-order valence-electron chi connectivity index (χ4n) is 2.78. The molecule has 0 saturated heterocycles. The molecule has 0 bridgehead atoms. The lowest BCUT2D eigenvalue weighted by Gasteiger charge is -2.26. The minimum absolute atomic E-state index is 0.0526. The van der Waals surface area contributed by atoms with Crippen LogP contribution in [0.5, 0.6) is 0 Å². The molecule has 1 amide bonds. The minimum Gasteiger partial charge on any atom is -0.480 e. The van der Waals surface area contributed by atoms with Gasteiger partial charge in [0.25, 0.3) is 0 Å². The largest absolute Gasteiger partial charge is 0.480 e. The lowest BCUT2D eigenvalue weighted by atomic mass is 10.2. The van der Waals surface area contributed by atoms with Crippen LogP contribution >= 0.6 is 11.3 Å². The number of hydrogen-bond acceptors (Lipinski definition) is 4. The van der Waals surface area contributed by atoms with Gasteiger partial charge in [-0.3, -0.25) is 14.5 Å². The van der Waals surface area contributed by atoms with Crippen LogP contribution in [0.3, 0.4) is 0 Å². The summed E-state index contributed by atoms with van der Waals surface area (Å²) in [6, 6.07) is 4.28. The molecule has 1 fully saturated rings. The summed E-state index contributed by atoms with van der Waals surface area (Å²) < 4.78 is 0. The van der Waals surface area contributed by atoms with E-state index in [9.17, 15) is 9.59 Å². The number of rotatable bonds is 8. The van der Waals surface area contributed by atoms with E-state index < -0.39 is 5.97 Å². The predicted octanol–water partition coefficient (Wildman–Crippen LogP) is 1.74. The summed E-state index contributed by atoms with van der Waals surface area (Å²) in [5, 5.41) is 13.9. The molecule has 0 aliphatic heterocycles. The predicted molar refractivity (Wildman–Crippen MR) is 82.5 cm³/mol. The SMILES string of the molecule is O=C(O)CN(CC(=O)NCCc1cccs1)C1CCCC1. The van der Waals surface area contributed by atoms with Crippen LogP contribution in [0.4, 0.5) is 0 Å². The van der Waals surface area contributed by atoms with Crippen LogP contribution in [-0.4, -0.2) is 47.6 Å². The zero-order valence-electron chi connectivity index (χ0n) is 12.1. The van der Waals surface area contributed by atoms with Gasteiger partial charge in [0, 0.05) is 17.5 Å². The van der Waals surface area contributed by atoms with E-state index in [2.05, 4.69) is 5.32 Å². The van der Waals surface area contributed by atoms with E-state index in [1.807, 2.05) is 17.5 Å². The molecule has 5 nitrogen and oxygen atoms in total. The quantitative estimate of drug-likeness (QED) is 0.767. The summed E-state index contributed by atoms with van der Waals surface area (Å²) in [6.45, 7) is 0.731. The van der Waals surface area contributed by atoms with Crippen LogP contribution in [0.1, 0.15) is 30.6 Å². The number of thiophene rings is 1. The third-order valence-electron chi connectivity index (χ3n) is 3.80. The molecule has 0 atom stereocenters. The number of nitrogens with one attached hydrogen (secondary N) is 1. The van der Waals surface area contributed by atoms with Crippen molar-refractivity contribution in [2.75, 3.05) is 19.6 Å². The van der Waals surface area contributed by atoms with Crippen LogP contribution in [0.15, 0.2) is 17.5 Å². The molecule has 1 aromatic rings. The first-order valence-electron chi connectivity index (χ1n) is 7.40. The number of carboxylic acids is 1. The van der Waals surface area contributed by atoms with E-state index >= 15 is 0 Å². The molecule has 2 rings (SSSR count). The van der Waals surface area contributed by atoms with Crippen molar-refractivity contribution in [2.24, 2.45) is 0 Å². The number of carboxylic acid groups (broad SMARTS) is 1. The highest BCUT2D eigenvalue weighted by Gasteiger charge is 2.25. The first-order chi connectivity index (χ1) is 10.1. The normalized spacial score (nSPS) is 15.5. The Kier molecular flexibility index (Phi) is 6.20. The Labute approximate surface area is 129 Å². The highest BCUT2D eigenvalue weighted by Crippen LogP contribution is 2.23. The summed E-state index contributed by atoms with van der Waals surface area (Å²) in [4.78, 5) is 26.0. The van der Waals surface area contributed by atoms with Crippen molar-refractivity contribution in [1.29, 1.82) is 0 Å². The highest BCUT2D eigenvalue weighted by molar-refractivity contribution is 7.09. The summed E-state index contributed by atoms with van der Waals surface area (Å²) in [5.41, 5.74) is 0. The Morgan fingerprint density at radius 1 is 1.33 bits per heavy atom. The maximum Gasteiger partial charge on any atom is 0.317 e. The van der Waals surface area contributed by atoms with Gasteiger partial charge in [-0.25, -0.2) is 0 Å². The Hall–Kier alpha value is -1.40. The van der Waals surface area contributed by atoms with Crippen LogP contribution in [0.2, 0.25) is 0 Å². The maximum atomic E-state index is 12.0. The molecule has 0 aromatic carbocycles. The summed E-state index contributed by atoms with van der Waals surface area (Å²) in [6.07, 6.45) is 5.07. The van der Waals surface area contributed by atoms with E-state index in [1.165, 1.54) is 4.88 Å². The second-order valence-electron chi connectivity index (χ2n) is 5.42. The Bertz CT molecular complexity index is 455. The van der Waals surface area contributed by atoms with Crippen molar-refractivity contribution in [3.8, 4) is 0 Å². The number of nitrogens with zero attached hydrogens (tertiary/aromatic N) is 1. The number of amides is 1. The number of carbonyl (C=O) groups is 2. The molecule has 1 aliphatic rings. The summed E-state index contributed by atoms with van der Waals surface area (Å²) >= 11 is 1.68. The second kappa shape index (κ2) is 8.14. The zero-order valence-corrected chi connectivity index (χ0v) is 12.9. The van der Waals surface area contributed by atoms with E-state index in [4.69, 9.17) is 5.11 Å². The standard InChI is InChI=1S/C15H22N2O3S/c18-14(16-8-7-13-6-3-9-21-13)10-17(11-15(19)20)12-4-1-2-5-12/h3,6,9,12H,1-2,4-5,7-8,10-11H2,(H,16,18)(H,19,20). The van der Waals surface area contributed by atoms with Crippen molar-refractivity contribution in [3.63, 3.8) is 0 Å². The van der Waals surface area contributed by atoms with Gasteiger partial charge >= 0.3 is 5.97 Å². The van der Waals surface area contributed by atoms with Gasteiger partial charge in [0.05, 0.1) is 13.1 Å². The third-order valence-corrected chi connectivity index (χ3v) is 4.74. The molecule has 0 spiro atoms. The molecule has 2 N–H and O–H groups in total. The summed E-state index contributed by atoms with van der Waals surface area (Å²) in [7, 11) is 0. The fourth-order valence-corrected chi connectivity index (χ4v) is 3.49. The van der Waals surface area contributed by atoms with Crippen LogP contribution in [-0.2, 0) is 16.0 Å². The van der Waals surface area contributed by atoms with Crippen molar-refractivity contribution in [2.45, 2.75) is 38.1 Å². The van der Waals surface area contributed by atoms with Gasteiger partial charge in [0.2, 0.25) is 5.91 Å². The van der Waals surface area contributed by atoms with Gasteiger partial charge in [-0.05, 0) is 30.7 Å². The van der Waals surface area contributed by atoms with Crippen LogP contribution in [0.25, 0.3) is 0 Å². The molecular weight excluding hydrogens is 288 g/mol. The number of carbonyl (C=O) groups excluding carboxylic acids is 1. The van der Waals surface area contributed by atoms with Gasteiger partial charge in [0.15, 0.2) is 0 Å². The first kappa shape index (κ1) is 16.0. The average molecular weight is 310 g/mol. The van der Waals surface area contributed by atoms with Gasteiger partial charge in [-0.2, -0.15) is 0 Å². The Morgan fingerprint density at radius 2 is 2.10 bits per heavy atom. The molecule has 1 aliphatic carbocycles. The van der Waals surface area contributed by atoms with Crippen LogP contribution in [0, 0.1) is 0 Å². The average Bonchev–Trinajstić information content (AvgIpc) is 3.10. The fraction of sp³-hybridized carbons (Fsp3) is 0.600. The van der Waals surface area contributed by atoms with Gasteiger partial charge < -0.3 is 10.4 Å². The summed E-state index contributed by atoms with van der Waals surface area (Å²) in [5.74, 6) is -0.951. The van der Waals surface area contributed by atoms with Crippen molar-refractivity contribution in [3.05, 3.63) is 22.4 Å². The monoisotopic (exact) mass is 310 g/mol.